The van der Waals surface area contributed by atoms with Crippen LogP contribution in [0.2, 0.25) is 0 Å². The molecule has 2 nitrogen and oxygen atoms in total. The van der Waals surface area contributed by atoms with E-state index in [2.05, 4.69) is 24.4 Å². The summed E-state index contributed by atoms with van der Waals surface area (Å²) in [4.78, 5) is 0. The Labute approximate surface area is 86.5 Å². The zero-order valence-corrected chi connectivity index (χ0v) is 9.27. The van der Waals surface area contributed by atoms with Gasteiger partial charge in [0.05, 0.1) is 0 Å². The zero-order valence-electron chi connectivity index (χ0n) is 9.27. The van der Waals surface area contributed by atoms with Gasteiger partial charge in [0.25, 0.3) is 0 Å². The molecule has 0 saturated heterocycles. The number of nitrogens with one attached hydrogen (secondary N) is 1. The van der Waals surface area contributed by atoms with Gasteiger partial charge in [0.2, 0.25) is 0 Å². The standard InChI is InChI=1S/C12H20N2/c1-9-11-7-5-3-4-6-8-12(11)10(2)14-13-9/h11,14H,3-8H2,1-2H3. The summed E-state index contributed by atoms with van der Waals surface area (Å²) in [6.45, 7) is 4.32. The predicted molar refractivity (Wildman–Crippen MR) is 60.1 cm³/mol. The lowest BCUT2D eigenvalue weighted by atomic mass is 9.82. The van der Waals surface area contributed by atoms with E-state index >= 15 is 0 Å². The molecule has 1 N–H and O–H groups in total. The van der Waals surface area contributed by atoms with Crippen molar-refractivity contribution >= 4 is 5.71 Å². The molecular formula is C12H20N2. The molecule has 1 unspecified atom stereocenters. The van der Waals surface area contributed by atoms with Crippen LogP contribution in [0.1, 0.15) is 52.4 Å². The van der Waals surface area contributed by atoms with Gasteiger partial charge >= 0.3 is 0 Å². The van der Waals surface area contributed by atoms with E-state index in [1.807, 2.05) is 0 Å². The van der Waals surface area contributed by atoms with Gasteiger partial charge in [0.15, 0.2) is 0 Å². The van der Waals surface area contributed by atoms with E-state index in [4.69, 9.17) is 0 Å². The van der Waals surface area contributed by atoms with Crippen molar-refractivity contribution in [2.45, 2.75) is 52.4 Å². The molecule has 0 aromatic heterocycles. The number of allylic oxidation sites excluding steroid dienone is 2. The van der Waals surface area contributed by atoms with Crippen LogP contribution in [0.25, 0.3) is 0 Å². The van der Waals surface area contributed by atoms with Crippen molar-refractivity contribution in [3.63, 3.8) is 0 Å². The lowest BCUT2D eigenvalue weighted by Crippen LogP contribution is -2.26. The molecule has 1 atom stereocenters. The Hall–Kier alpha value is -0.790. The number of rotatable bonds is 0. The van der Waals surface area contributed by atoms with E-state index in [-0.39, 0.29) is 0 Å². The molecule has 2 heteroatoms. The molecule has 2 aliphatic rings. The van der Waals surface area contributed by atoms with Crippen LogP contribution in [0.3, 0.4) is 0 Å². The van der Waals surface area contributed by atoms with Gasteiger partial charge in [-0.15, -0.1) is 0 Å². The molecule has 1 aliphatic heterocycles. The van der Waals surface area contributed by atoms with Crippen molar-refractivity contribution in [2.24, 2.45) is 11.0 Å². The van der Waals surface area contributed by atoms with Crippen molar-refractivity contribution < 1.29 is 0 Å². The summed E-state index contributed by atoms with van der Waals surface area (Å²) in [5, 5.41) is 4.38. The summed E-state index contributed by atoms with van der Waals surface area (Å²) in [5.74, 6) is 0.650. The monoisotopic (exact) mass is 192 g/mol. The molecule has 0 radical (unpaired) electrons. The lowest BCUT2D eigenvalue weighted by molar-refractivity contribution is 0.510. The van der Waals surface area contributed by atoms with E-state index in [0.29, 0.717) is 5.92 Å². The number of hydrogen-bond donors (Lipinski definition) is 1. The van der Waals surface area contributed by atoms with Crippen LogP contribution in [-0.4, -0.2) is 5.71 Å². The summed E-state index contributed by atoms with van der Waals surface area (Å²) >= 11 is 0. The first kappa shape index (κ1) is 9.75. The normalized spacial score (nSPS) is 28.4. The zero-order chi connectivity index (χ0) is 9.97. The maximum Gasteiger partial charge on any atom is 0.0423 e. The highest BCUT2D eigenvalue weighted by Gasteiger charge is 2.23. The number of nitrogens with zero attached hydrogens (tertiary/aromatic N) is 1. The van der Waals surface area contributed by atoms with Crippen molar-refractivity contribution in [2.75, 3.05) is 0 Å². The van der Waals surface area contributed by atoms with E-state index in [1.165, 1.54) is 49.9 Å². The fraction of sp³-hybridized carbons (Fsp3) is 0.750. The summed E-state index contributed by atoms with van der Waals surface area (Å²) in [6, 6.07) is 0. The highest BCUT2D eigenvalue weighted by atomic mass is 15.3. The van der Waals surface area contributed by atoms with Gasteiger partial charge in [-0.2, -0.15) is 5.10 Å². The van der Waals surface area contributed by atoms with E-state index < -0.39 is 0 Å². The highest BCUT2D eigenvalue weighted by molar-refractivity contribution is 5.87. The second-order valence-electron chi connectivity index (χ2n) is 4.52. The summed E-state index contributed by atoms with van der Waals surface area (Å²) < 4.78 is 0. The van der Waals surface area contributed by atoms with Gasteiger partial charge in [-0.05, 0) is 38.7 Å². The topological polar surface area (TPSA) is 24.4 Å². The molecule has 1 aliphatic carbocycles. The first-order valence-corrected chi connectivity index (χ1v) is 5.79. The molecule has 1 saturated carbocycles. The Morgan fingerprint density at radius 3 is 2.79 bits per heavy atom. The van der Waals surface area contributed by atoms with Gasteiger partial charge in [-0.1, -0.05) is 19.3 Å². The predicted octanol–water partition coefficient (Wildman–Crippen LogP) is 3.21. The fourth-order valence-corrected chi connectivity index (χ4v) is 2.60. The molecule has 78 valence electrons. The average Bonchev–Trinajstić information content (AvgIpc) is 2.11. The van der Waals surface area contributed by atoms with Crippen molar-refractivity contribution in [3.05, 3.63) is 11.3 Å². The van der Waals surface area contributed by atoms with Gasteiger partial charge < -0.3 is 0 Å². The minimum absolute atomic E-state index is 0.650. The lowest BCUT2D eigenvalue weighted by Gasteiger charge is -2.28. The third kappa shape index (κ3) is 1.84. The Kier molecular flexibility index (Phi) is 2.90. The number of hydrazone groups is 1. The molecule has 1 heterocycles. The largest absolute Gasteiger partial charge is 0.283 e. The molecule has 0 bridgehead atoms. The van der Waals surface area contributed by atoms with Gasteiger partial charge in [0, 0.05) is 17.3 Å². The number of hydrogen-bond acceptors (Lipinski definition) is 2. The summed E-state index contributed by atoms with van der Waals surface area (Å²) in [5.41, 5.74) is 7.36. The van der Waals surface area contributed by atoms with E-state index in [1.54, 1.807) is 5.57 Å². The van der Waals surface area contributed by atoms with Crippen LogP contribution in [0, 0.1) is 5.92 Å². The smallest absolute Gasteiger partial charge is 0.0423 e. The van der Waals surface area contributed by atoms with E-state index in [0.717, 1.165) is 0 Å². The first-order valence-electron chi connectivity index (χ1n) is 5.79. The van der Waals surface area contributed by atoms with Gasteiger partial charge in [-0.25, -0.2) is 0 Å². The highest BCUT2D eigenvalue weighted by Crippen LogP contribution is 2.31. The van der Waals surface area contributed by atoms with Crippen LogP contribution in [-0.2, 0) is 0 Å². The van der Waals surface area contributed by atoms with Crippen molar-refractivity contribution in [3.8, 4) is 0 Å². The quantitative estimate of drug-likeness (QED) is 0.626. The summed E-state index contributed by atoms with van der Waals surface area (Å²) in [7, 11) is 0. The molecular weight excluding hydrogens is 172 g/mol. The molecule has 14 heavy (non-hydrogen) atoms. The third-order valence-electron chi connectivity index (χ3n) is 3.50. The third-order valence-corrected chi connectivity index (χ3v) is 3.50. The fourth-order valence-electron chi connectivity index (χ4n) is 2.60. The molecule has 0 aromatic carbocycles. The second-order valence-corrected chi connectivity index (χ2v) is 4.52. The number of fused-ring (bicyclic) bond motifs is 1. The van der Waals surface area contributed by atoms with Crippen LogP contribution in [0.5, 0.6) is 0 Å². The van der Waals surface area contributed by atoms with Crippen LogP contribution >= 0.6 is 0 Å². The molecule has 0 aromatic rings. The van der Waals surface area contributed by atoms with Crippen molar-refractivity contribution in [1.29, 1.82) is 0 Å². The first-order chi connectivity index (χ1) is 6.79. The Balaban J connectivity index is 2.20. The molecule has 1 fully saturated rings. The molecule has 0 amide bonds. The van der Waals surface area contributed by atoms with Gasteiger partial charge in [-0.3, -0.25) is 5.43 Å². The van der Waals surface area contributed by atoms with Crippen LogP contribution in [0.15, 0.2) is 16.4 Å². The van der Waals surface area contributed by atoms with Gasteiger partial charge in [0.1, 0.15) is 0 Å². The second kappa shape index (κ2) is 4.16. The average molecular weight is 192 g/mol. The minimum Gasteiger partial charge on any atom is -0.283 e. The van der Waals surface area contributed by atoms with E-state index in [9.17, 15) is 0 Å². The van der Waals surface area contributed by atoms with Crippen LogP contribution < -0.4 is 5.43 Å². The SMILES string of the molecule is CC1=NNC(C)=C2CCCCCCC12. The Bertz CT molecular complexity index is 276. The molecule has 2 rings (SSSR count). The maximum absolute atomic E-state index is 4.38. The minimum atomic E-state index is 0.650. The maximum atomic E-state index is 4.38. The Morgan fingerprint density at radius 2 is 1.93 bits per heavy atom. The summed E-state index contributed by atoms with van der Waals surface area (Å²) in [6.07, 6.45) is 8.12. The molecule has 0 spiro atoms. The van der Waals surface area contributed by atoms with Crippen molar-refractivity contribution in [1.82, 2.24) is 5.43 Å². The Morgan fingerprint density at radius 1 is 1.14 bits per heavy atom. The van der Waals surface area contributed by atoms with Crippen LogP contribution in [0.4, 0.5) is 0 Å².